The minimum atomic E-state index is -0.921. The number of H-pyrrole nitrogens is 1. The van der Waals surface area contributed by atoms with E-state index in [0.29, 0.717) is 14.9 Å². The van der Waals surface area contributed by atoms with E-state index in [1.54, 1.807) is 46.9 Å². The number of esters is 1. The Morgan fingerprint density at radius 1 is 1.37 bits per heavy atom. The Hall–Kier alpha value is -2.18. The van der Waals surface area contributed by atoms with E-state index in [0.717, 1.165) is 0 Å². The van der Waals surface area contributed by atoms with Crippen molar-refractivity contribution in [2.75, 3.05) is 13.7 Å². The maximum Gasteiger partial charge on any atom is 0.338 e. The third-order valence-corrected chi connectivity index (χ3v) is 4.91. The fraction of sp³-hybridized carbons (Fsp3) is 0.353. The van der Waals surface area contributed by atoms with Gasteiger partial charge in [-0.2, -0.15) is 0 Å². The van der Waals surface area contributed by atoms with Gasteiger partial charge in [-0.1, -0.05) is 0 Å². The van der Waals surface area contributed by atoms with Crippen LogP contribution < -0.4 is 16.0 Å². The SMILES string of the molecule is COc1ccc(C(=O)OC[C@H]2O[C@@H](n3cc(I)c(=O)[nH]c3=O)C[C@@H]2O)cc1. The second-order valence-electron chi connectivity index (χ2n) is 5.90. The third-order valence-electron chi connectivity index (χ3n) is 4.14. The molecular weight excluding hydrogens is 471 g/mol. The maximum atomic E-state index is 12.1. The van der Waals surface area contributed by atoms with Crippen LogP contribution in [0.15, 0.2) is 40.1 Å². The molecule has 0 aliphatic carbocycles. The molecule has 2 N–H and O–H groups in total. The minimum absolute atomic E-state index is 0.132. The number of hydrogen-bond acceptors (Lipinski definition) is 7. The van der Waals surface area contributed by atoms with E-state index in [9.17, 15) is 19.5 Å². The number of ether oxygens (including phenoxy) is 3. The van der Waals surface area contributed by atoms with Crippen molar-refractivity contribution in [2.24, 2.45) is 0 Å². The molecule has 0 saturated carbocycles. The molecule has 144 valence electrons. The molecule has 3 atom stereocenters. The molecule has 10 heteroatoms. The van der Waals surface area contributed by atoms with E-state index in [4.69, 9.17) is 14.2 Å². The summed E-state index contributed by atoms with van der Waals surface area (Å²) >= 11 is 1.80. The summed E-state index contributed by atoms with van der Waals surface area (Å²) in [5.74, 6) is 0.0533. The first-order valence-electron chi connectivity index (χ1n) is 8.04. The Bertz CT molecular complexity index is 938. The predicted molar refractivity (Wildman–Crippen MR) is 102 cm³/mol. The van der Waals surface area contributed by atoms with Crippen LogP contribution in [0, 0.1) is 3.57 Å². The lowest BCUT2D eigenvalue weighted by atomic mass is 10.2. The molecule has 1 aromatic carbocycles. The summed E-state index contributed by atoms with van der Waals surface area (Å²) in [6, 6.07) is 6.41. The van der Waals surface area contributed by atoms with Crippen LogP contribution in [0.2, 0.25) is 0 Å². The highest BCUT2D eigenvalue weighted by Crippen LogP contribution is 2.28. The van der Waals surface area contributed by atoms with Crippen LogP contribution in [0.5, 0.6) is 5.75 Å². The van der Waals surface area contributed by atoms with Gasteiger partial charge in [0.05, 0.1) is 22.3 Å². The molecular formula is C17H17IN2O7. The fourth-order valence-corrected chi connectivity index (χ4v) is 3.11. The van der Waals surface area contributed by atoms with Crippen LogP contribution >= 0.6 is 22.6 Å². The molecule has 2 heterocycles. The van der Waals surface area contributed by atoms with Crippen molar-refractivity contribution in [1.29, 1.82) is 0 Å². The summed E-state index contributed by atoms with van der Waals surface area (Å²) in [6.07, 6.45) is -0.969. The lowest BCUT2D eigenvalue weighted by molar-refractivity contribution is -0.0532. The van der Waals surface area contributed by atoms with Crippen molar-refractivity contribution in [1.82, 2.24) is 9.55 Å². The number of rotatable bonds is 5. The van der Waals surface area contributed by atoms with E-state index >= 15 is 0 Å². The van der Waals surface area contributed by atoms with Crippen molar-refractivity contribution in [3.63, 3.8) is 0 Å². The molecule has 0 amide bonds. The van der Waals surface area contributed by atoms with Crippen LogP contribution in [0.25, 0.3) is 0 Å². The van der Waals surface area contributed by atoms with Crippen LogP contribution in [0.4, 0.5) is 0 Å². The minimum Gasteiger partial charge on any atom is -0.497 e. The molecule has 2 aromatic rings. The van der Waals surface area contributed by atoms with Gasteiger partial charge in [0, 0.05) is 12.6 Å². The lowest BCUT2D eigenvalue weighted by Crippen LogP contribution is -2.33. The number of carbonyl (C=O) groups is 1. The lowest BCUT2D eigenvalue weighted by Gasteiger charge is -2.16. The number of nitrogens with zero attached hydrogens (tertiary/aromatic N) is 1. The highest BCUT2D eigenvalue weighted by atomic mass is 127. The normalized spacial score (nSPS) is 21.8. The number of halogens is 1. The molecule has 9 nitrogen and oxygen atoms in total. The number of benzene rings is 1. The highest BCUT2D eigenvalue weighted by molar-refractivity contribution is 14.1. The zero-order valence-corrected chi connectivity index (χ0v) is 16.4. The van der Waals surface area contributed by atoms with Gasteiger partial charge in [0.1, 0.15) is 24.7 Å². The second kappa shape index (κ2) is 8.23. The Labute approximate surface area is 167 Å². The molecule has 27 heavy (non-hydrogen) atoms. The number of methoxy groups -OCH3 is 1. The number of aliphatic hydroxyl groups excluding tert-OH is 1. The third kappa shape index (κ3) is 4.39. The Morgan fingerprint density at radius 3 is 2.74 bits per heavy atom. The van der Waals surface area contributed by atoms with Crippen molar-refractivity contribution in [3.8, 4) is 5.75 Å². The summed E-state index contributed by atoms with van der Waals surface area (Å²) in [4.78, 5) is 37.7. The first-order valence-corrected chi connectivity index (χ1v) is 9.12. The zero-order chi connectivity index (χ0) is 19.6. The first kappa shape index (κ1) is 19.6. The largest absolute Gasteiger partial charge is 0.497 e. The van der Waals surface area contributed by atoms with Crippen LogP contribution in [0.1, 0.15) is 23.0 Å². The topological polar surface area (TPSA) is 120 Å². The van der Waals surface area contributed by atoms with Gasteiger partial charge in [-0.15, -0.1) is 0 Å². The molecule has 1 fully saturated rings. The van der Waals surface area contributed by atoms with Gasteiger partial charge in [-0.3, -0.25) is 14.3 Å². The second-order valence-corrected chi connectivity index (χ2v) is 7.06. The molecule has 0 spiro atoms. The van der Waals surface area contributed by atoms with Gasteiger partial charge in [-0.25, -0.2) is 9.59 Å². The average molecular weight is 488 g/mol. The van der Waals surface area contributed by atoms with E-state index in [2.05, 4.69) is 4.98 Å². The summed E-state index contributed by atoms with van der Waals surface area (Å²) in [6.45, 7) is -0.169. The number of hydrogen-bond donors (Lipinski definition) is 2. The summed E-state index contributed by atoms with van der Waals surface area (Å²) in [5, 5.41) is 10.2. The molecule has 0 bridgehead atoms. The van der Waals surface area contributed by atoms with Crippen molar-refractivity contribution in [3.05, 3.63) is 60.4 Å². The molecule has 3 rings (SSSR count). The van der Waals surface area contributed by atoms with E-state index in [1.807, 2.05) is 0 Å². The Kier molecular flexibility index (Phi) is 5.97. The maximum absolute atomic E-state index is 12.1. The van der Waals surface area contributed by atoms with E-state index in [1.165, 1.54) is 17.9 Å². The molecule has 0 radical (unpaired) electrons. The van der Waals surface area contributed by atoms with Crippen molar-refractivity contribution < 1.29 is 24.1 Å². The summed E-state index contributed by atoms with van der Waals surface area (Å²) in [7, 11) is 1.53. The summed E-state index contributed by atoms with van der Waals surface area (Å²) < 4.78 is 17.4. The monoisotopic (exact) mass is 488 g/mol. The molecule has 1 aromatic heterocycles. The van der Waals surface area contributed by atoms with Crippen LogP contribution in [-0.4, -0.2) is 46.6 Å². The van der Waals surface area contributed by atoms with Gasteiger partial charge in [0.2, 0.25) is 0 Å². The van der Waals surface area contributed by atoms with E-state index < -0.39 is 35.7 Å². The van der Waals surface area contributed by atoms with Gasteiger partial charge < -0.3 is 19.3 Å². The number of aromatic amines is 1. The van der Waals surface area contributed by atoms with Crippen LogP contribution in [-0.2, 0) is 9.47 Å². The first-order chi connectivity index (χ1) is 12.9. The van der Waals surface area contributed by atoms with Crippen molar-refractivity contribution in [2.45, 2.75) is 24.9 Å². The molecule has 1 aliphatic rings. The van der Waals surface area contributed by atoms with Gasteiger partial charge in [0.25, 0.3) is 5.56 Å². The number of carbonyl (C=O) groups excluding carboxylic acids is 1. The van der Waals surface area contributed by atoms with Crippen LogP contribution in [0.3, 0.4) is 0 Å². The number of nitrogens with one attached hydrogen (secondary N) is 1. The average Bonchev–Trinajstić information content (AvgIpc) is 3.03. The van der Waals surface area contributed by atoms with E-state index in [-0.39, 0.29) is 13.0 Å². The Balaban J connectivity index is 1.63. The highest BCUT2D eigenvalue weighted by Gasteiger charge is 2.36. The van der Waals surface area contributed by atoms with Gasteiger partial charge in [-0.05, 0) is 46.9 Å². The predicted octanol–water partition coefficient (Wildman–Crippen LogP) is 0.655. The zero-order valence-electron chi connectivity index (χ0n) is 14.3. The number of aliphatic hydroxyl groups is 1. The standard InChI is InChI=1S/C17H17IN2O7/c1-25-10-4-2-9(3-5-10)16(23)26-8-13-12(21)6-14(27-13)20-7-11(18)15(22)19-17(20)24/h2-5,7,12-14,21H,6,8H2,1H3,(H,19,22,24)/t12-,13+,14+/m0/s1. The molecule has 1 saturated heterocycles. The number of aromatic nitrogens is 2. The van der Waals surface area contributed by atoms with Crippen molar-refractivity contribution >= 4 is 28.6 Å². The molecule has 1 aliphatic heterocycles. The fourth-order valence-electron chi connectivity index (χ4n) is 2.68. The Morgan fingerprint density at radius 2 is 2.07 bits per heavy atom. The van der Waals surface area contributed by atoms with Gasteiger partial charge >= 0.3 is 11.7 Å². The molecule has 0 unspecified atom stereocenters. The quantitative estimate of drug-likeness (QED) is 0.469. The summed E-state index contributed by atoms with van der Waals surface area (Å²) in [5.41, 5.74) is -0.778. The smallest absolute Gasteiger partial charge is 0.338 e. The van der Waals surface area contributed by atoms with Gasteiger partial charge in [0.15, 0.2) is 0 Å².